The van der Waals surface area contributed by atoms with E-state index in [-0.39, 0.29) is 5.04 Å². The van der Waals surface area contributed by atoms with Crippen LogP contribution >= 0.6 is 0 Å². The number of hydrogen-bond acceptors (Lipinski definition) is 2. The van der Waals surface area contributed by atoms with E-state index >= 15 is 0 Å². The zero-order valence-corrected chi connectivity index (χ0v) is 14.8. The van der Waals surface area contributed by atoms with Gasteiger partial charge in [-0.15, -0.1) is 0 Å². The molecule has 0 unspecified atom stereocenters. The Balaban J connectivity index is 2.42. The Morgan fingerprint density at radius 1 is 1.37 bits per heavy atom. The van der Waals surface area contributed by atoms with Crippen molar-refractivity contribution in [2.75, 3.05) is 6.61 Å². The Morgan fingerprint density at radius 2 is 1.95 bits per heavy atom. The summed E-state index contributed by atoms with van der Waals surface area (Å²) in [4.78, 5) is 0. The molecule has 1 N–H and O–H groups in total. The molecule has 0 saturated heterocycles. The number of aliphatic hydroxyl groups excluding tert-OH is 1. The number of aliphatic hydroxyl groups is 1. The summed E-state index contributed by atoms with van der Waals surface area (Å²) in [6.45, 7) is 16.6. The third-order valence-electron chi connectivity index (χ3n) is 5.15. The van der Waals surface area contributed by atoms with E-state index < -0.39 is 8.32 Å². The van der Waals surface area contributed by atoms with E-state index in [1.807, 2.05) is 6.92 Å². The molecule has 0 fully saturated rings. The quantitative estimate of drug-likeness (QED) is 0.696. The van der Waals surface area contributed by atoms with Gasteiger partial charge in [-0.2, -0.15) is 0 Å². The molecule has 0 spiro atoms. The van der Waals surface area contributed by atoms with Gasteiger partial charge in [0.25, 0.3) is 0 Å². The molecule has 0 aromatic heterocycles. The first-order valence-electron chi connectivity index (χ1n) is 7.59. The molecule has 0 radical (unpaired) electrons. The minimum Gasteiger partial charge on any atom is -0.512 e. The normalized spacial score (nSPS) is 23.0. The summed E-state index contributed by atoms with van der Waals surface area (Å²) in [6.07, 6.45) is 3.22. The fourth-order valence-electron chi connectivity index (χ4n) is 2.42. The van der Waals surface area contributed by atoms with Gasteiger partial charge in [0.1, 0.15) is 0 Å². The molecule has 3 heteroatoms. The highest BCUT2D eigenvalue weighted by molar-refractivity contribution is 6.74. The summed E-state index contributed by atoms with van der Waals surface area (Å²) in [5.74, 6) is 1.53. The summed E-state index contributed by atoms with van der Waals surface area (Å²) >= 11 is 0. The second-order valence-electron chi connectivity index (χ2n) is 7.69. The van der Waals surface area contributed by atoms with Crippen molar-refractivity contribution in [1.82, 2.24) is 0 Å². The predicted molar refractivity (Wildman–Crippen MR) is 85.0 cm³/mol. The van der Waals surface area contributed by atoms with E-state index in [4.69, 9.17) is 4.43 Å². The molecule has 112 valence electrons. The van der Waals surface area contributed by atoms with Crippen LogP contribution in [0.5, 0.6) is 0 Å². The van der Waals surface area contributed by atoms with E-state index in [1.54, 1.807) is 0 Å². The van der Waals surface area contributed by atoms with Gasteiger partial charge in [-0.3, -0.25) is 0 Å². The van der Waals surface area contributed by atoms with Crippen molar-refractivity contribution in [3.8, 4) is 0 Å². The van der Waals surface area contributed by atoms with Crippen LogP contribution in [0.3, 0.4) is 0 Å². The molecule has 0 saturated carbocycles. The van der Waals surface area contributed by atoms with E-state index in [2.05, 4.69) is 40.8 Å². The molecular weight excluding hydrogens is 252 g/mol. The SMILES string of the molecule is CC1=C(O)[C@@H]([C@@H](C)CCO[Si](C)(C)C(C)(C)C)CC1. The number of hydrogen-bond donors (Lipinski definition) is 1. The Morgan fingerprint density at radius 3 is 2.37 bits per heavy atom. The summed E-state index contributed by atoms with van der Waals surface area (Å²) in [6, 6.07) is 0. The molecule has 0 amide bonds. The van der Waals surface area contributed by atoms with Gasteiger partial charge in [0.2, 0.25) is 0 Å². The van der Waals surface area contributed by atoms with Gasteiger partial charge in [-0.1, -0.05) is 27.7 Å². The number of rotatable bonds is 5. The highest BCUT2D eigenvalue weighted by Gasteiger charge is 2.37. The molecule has 0 bridgehead atoms. The van der Waals surface area contributed by atoms with Gasteiger partial charge < -0.3 is 9.53 Å². The van der Waals surface area contributed by atoms with Crippen LogP contribution in [0.25, 0.3) is 0 Å². The van der Waals surface area contributed by atoms with Crippen LogP contribution in [0, 0.1) is 11.8 Å². The molecule has 2 nitrogen and oxygen atoms in total. The Labute approximate surface area is 120 Å². The smallest absolute Gasteiger partial charge is 0.191 e. The largest absolute Gasteiger partial charge is 0.512 e. The Kier molecular flexibility index (Phi) is 5.30. The van der Waals surface area contributed by atoms with Crippen LogP contribution in [0.2, 0.25) is 18.1 Å². The summed E-state index contributed by atoms with van der Waals surface area (Å²) in [5.41, 5.74) is 1.18. The molecule has 0 heterocycles. The predicted octanol–water partition coefficient (Wildman–Crippen LogP) is 5.28. The minimum atomic E-state index is -1.62. The van der Waals surface area contributed by atoms with Gasteiger partial charge in [0, 0.05) is 12.5 Å². The molecule has 0 aromatic rings. The zero-order valence-electron chi connectivity index (χ0n) is 13.8. The second-order valence-corrected chi connectivity index (χ2v) is 12.5. The standard InChI is InChI=1S/C16H32O2Si/c1-12(14-9-8-13(2)15(14)17)10-11-18-19(6,7)16(3,4)5/h12,14,17H,8-11H2,1-7H3/t12-,14+/m0/s1. The van der Waals surface area contributed by atoms with Crippen molar-refractivity contribution in [2.45, 2.75) is 72.0 Å². The first-order valence-corrected chi connectivity index (χ1v) is 10.5. The van der Waals surface area contributed by atoms with Crippen molar-refractivity contribution >= 4 is 8.32 Å². The minimum absolute atomic E-state index is 0.280. The average molecular weight is 285 g/mol. The van der Waals surface area contributed by atoms with Gasteiger partial charge in [-0.05, 0) is 55.8 Å². The maximum Gasteiger partial charge on any atom is 0.191 e. The van der Waals surface area contributed by atoms with E-state index in [0.717, 1.165) is 25.9 Å². The van der Waals surface area contributed by atoms with Crippen molar-refractivity contribution in [2.24, 2.45) is 11.8 Å². The van der Waals surface area contributed by atoms with Gasteiger partial charge in [-0.25, -0.2) is 0 Å². The lowest BCUT2D eigenvalue weighted by molar-refractivity contribution is 0.215. The van der Waals surface area contributed by atoms with Crippen LogP contribution in [0.15, 0.2) is 11.3 Å². The topological polar surface area (TPSA) is 29.5 Å². The van der Waals surface area contributed by atoms with Crippen LogP contribution in [-0.2, 0) is 4.43 Å². The molecule has 1 rings (SSSR count). The maximum absolute atomic E-state index is 10.1. The molecule has 19 heavy (non-hydrogen) atoms. The summed E-state index contributed by atoms with van der Waals surface area (Å²) in [7, 11) is -1.62. The molecule has 0 aliphatic heterocycles. The summed E-state index contributed by atoms with van der Waals surface area (Å²) in [5, 5.41) is 10.3. The molecular formula is C16H32O2Si. The third kappa shape index (κ3) is 4.09. The van der Waals surface area contributed by atoms with Gasteiger partial charge in [0.15, 0.2) is 8.32 Å². The number of allylic oxidation sites excluding steroid dienone is 2. The van der Waals surface area contributed by atoms with Crippen molar-refractivity contribution in [3.05, 3.63) is 11.3 Å². The van der Waals surface area contributed by atoms with E-state index in [9.17, 15) is 5.11 Å². The zero-order chi connectivity index (χ0) is 14.8. The average Bonchev–Trinajstić information content (AvgIpc) is 2.57. The van der Waals surface area contributed by atoms with E-state index in [0.29, 0.717) is 17.6 Å². The highest BCUT2D eigenvalue weighted by atomic mass is 28.4. The monoisotopic (exact) mass is 284 g/mol. The lowest BCUT2D eigenvalue weighted by atomic mass is 9.90. The molecule has 1 aliphatic rings. The fourth-order valence-corrected chi connectivity index (χ4v) is 3.49. The van der Waals surface area contributed by atoms with Crippen molar-refractivity contribution in [1.29, 1.82) is 0 Å². The van der Waals surface area contributed by atoms with Crippen LogP contribution in [-0.4, -0.2) is 20.0 Å². The first kappa shape index (κ1) is 16.8. The highest BCUT2D eigenvalue weighted by Crippen LogP contribution is 2.38. The van der Waals surface area contributed by atoms with Crippen molar-refractivity contribution < 1.29 is 9.53 Å². The molecule has 1 aliphatic carbocycles. The lowest BCUT2D eigenvalue weighted by Gasteiger charge is -2.36. The first-order chi connectivity index (χ1) is 8.56. The second kappa shape index (κ2) is 6.00. The molecule has 2 atom stereocenters. The Hall–Kier alpha value is -0.283. The summed E-state index contributed by atoms with van der Waals surface area (Å²) < 4.78 is 6.23. The van der Waals surface area contributed by atoms with Crippen LogP contribution in [0.4, 0.5) is 0 Å². The van der Waals surface area contributed by atoms with Crippen LogP contribution in [0.1, 0.15) is 53.9 Å². The Bertz CT molecular complexity index is 339. The lowest BCUT2D eigenvalue weighted by Crippen LogP contribution is -2.41. The van der Waals surface area contributed by atoms with Gasteiger partial charge >= 0.3 is 0 Å². The maximum atomic E-state index is 10.1. The molecule has 0 aromatic carbocycles. The van der Waals surface area contributed by atoms with Crippen molar-refractivity contribution in [3.63, 3.8) is 0 Å². The van der Waals surface area contributed by atoms with E-state index in [1.165, 1.54) is 5.57 Å². The fraction of sp³-hybridized carbons (Fsp3) is 0.875. The van der Waals surface area contributed by atoms with Gasteiger partial charge in [0.05, 0.1) is 5.76 Å². The third-order valence-corrected chi connectivity index (χ3v) is 9.69. The van der Waals surface area contributed by atoms with Crippen LogP contribution < -0.4 is 0 Å².